The molecule has 0 aliphatic carbocycles. The summed E-state index contributed by atoms with van der Waals surface area (Å²) in [5, 5.41) is 0. The number of nitrogens with zero attached hydrogens (tertiary/aromatic N) is 2. The Bertz CT molecular complexity index is 885. The van der Waals surface area contributed by atoms with Crippen LogP contribution in [0.4, 0.5) is 0 Å². The van der Waals surface area contributed by atoms with E-state index in [-0.39, 0.29) is 47.7 Å². The van der Waals surface area contributed by atoms with Crippen molar-refractivity contribution < 1.29 is 27.5 Å². The number of benzene rings is 1. The molecule has 2 amide bonds. The Balaban J connectivity index is 1.60. The molecule has 0 N–H and O–H groups in total. The van der Waals surface area contributed by atoms with E-state index in [9.17, 15) is 18.0 Å². The first kappa shape index (κ1) is 19.2. The Hall–Kier alpha value is -2.13. The molecule has 3 aliphatic heterocycles. The van der Waals surface area contributed by atoms with E-state index in [1.165, 1.54) is 31.3 Å². The van der Waals surface area contributed by atoms with Crippen LogP contribution >= 0.6 is 0 Å². The van der Waals surface area contributed by atoms with E-state index >= 15 is 0 Å². The zero-order valence-corrected chi connectivity index (χ0v) is 16.8. The van der Waals surface area contributed by atoms with Crippen molar-refractivity contribution in [1.82, 2.24) is 9.21 Å². The Morgan fingerprint density at radius 3 is 2.00 bits per heavy atom. The maximum atomic E-state index is 13.4. The van der Waals surface area contributed by atoms with Crippen molar-refractivity contribution in [2.45, 2.75) is 61.5 Å². The van der Waals surface area contributed by atoms with Crippen molar-refractivity contribution >= 4 is 21.8 Å². The molecule has 1 aromatic carbocycles. The molecule has 3 aliphatic rings. The zero-order valence-electron chi connectivity index (χ0n) is 16.0. The molecular formula is C19H24N2O6S. The molecule has 2 bridgehead atoms. The first-order valence-corrected chi connectivity index (χ1v) is 10.9. The lowest BCUT2D eigenvalue weighted by Gasteiger charge is -2.40. The monoisotopic (exact) mass is 408 g/mol. The molecule has 8 nitrogen and oxygen atoms in total. The molecule has 28 heavy (non-hydrogen) atoms. The molecule has 152 valence electrons. The Labute approximate surface area is 164 Å². The molecule has 0 aromatic heterocycles. The molecule has 4 rings (SSSR count). The second-order valence-electron chi connectivity index (χ2n) is 7.52. The number of sulfonamides is 1. The Morgan fingerprint density at radius 1 is 0.893 bits per heavy atom. The molecule has 0 saturated carbocycles. The molecular weight excluding hydrogens is 384 g/mol. The fourth-order valence-electron chi connectivity index (χ4n) is 4.81. The van der Waals surface area contributed by atoms with Gasteiger partial charge in [-0.2, -0.15) is 4.31 Å². The smallest absolute Gasteiger partial charge is 0.243 e. The van der Waals surface area contributed by atoms with Gasteiger partial charge in [0.1, 0.15) is 0 Å². The van der Waals surface area contributed by atoms with Gasteiger partial charge in [-0.15, -0.1) is 0 Å². The SMILES string of the molecule is COc1ccc(S(=O)(=O)N2C3CCC2CC(N2C(=O)CCC2=O)C3)cc1OC. The van der Waals surface area contributed by atoms with E-state index in [4.69, 9.17) is 9.47 Å². The van der Waals surface area contributed by atoms with Crippen LogP contribution in [0.5, 0.6) is 11.5 Å². The summed E-state index contributed by atoms with van der Waals surface area (Å²) >= 11 is 0. The lowest BCUT2D eigenvalue weighted by atomic mass is 9.98. The van der Waals surface area contributed by atoms with Crippen molar-refractivity contribution in [1.29, 1.82) is 0 Å². The van der Waals surface area contributed by atoms with Crippen molar-refractivity contribution in [2.24, 2.45) is 0 Å². The number of hydrogen-bond acceptors (Lipinski definition) is 6. The fourth-order valence-corrected chi connectivity index (χ4v) is 6.72. The van der Waals surface area contributed by atoms with Crippen LogP contribution in [0.1, 0.15) is 38.5 Å². The van der Waals surface area contributed by atoms with Gasteiger partial charge in [-0.25, -0.2) is 8.42 Å². The summed E-state index contributed by atoms with van der Waals surface area (Å²) in [4.78, 5) is 25.7. The number of carbonyl (C=O) groups is 2. The lowest BCUT2D eigenvalue weighted by Crippen LogP contribution is -2.53. The average Bonchev–Trinajstić information content (AvgIpc) is 3.17. The zero-order chi connectivity index (χ0) is 20.1. The Kier molecular flexibility index (Phi) is 4.83. The summed E-state index contributed by atoms with van der Waals surface area (Å²) in [6, 6.07) is 3.98. The predicted molar refractivity (Wildman–Crippen MR) is 99.5 cm³/mol. The number of methoxy groups -OCH3 is 2. The van der Waals surface area contributed by atoms with Gasteiger partial charge in [0.2, 0.25) is 21.8 Å². The molecule has 0 radical (unpaired) electrons. The number of ether oxygens (including phenoxy) is 2. The quantitative estimate of drug-likeness (QED) is 0.686. The topological polar surface area (TPSA) is 93.2 Å². The van der Waals surface area contributed by atoms with E-state index in [0.717, 1.165) is 12.8 Å². The van der Waals surface area contributed by atoms with Crippen LogP contribution < -0.4 is 9.47 Å². The van der Waals surface area contributed by atoms with Gasteiger partial charge in [-0.3, -0.25) is 14.5 Å². The van der Waals surface area contributed by atoms with Crippen LogP contribution in [0.2, 0.25) is 0 Å². The van der Waals surface area contributed by atoms with Gasteiger partial charge in [-0.05, 0) is 37.8 Å². The molecule has 9 heteroatoms. The minimum atomic E-state index is -3.72. The van der Waals surface area contributed by atoms with E-state index in [2.05, 4.69) is 0 Å². The highest BCUT2D eigenvalue weighted by molar-refractivity contribution is 7.89. The minimum Gasteiger partial charge on any atom is -0.493 e. The third-order valence-electron chi connectivity index (χ3n) is 6.03. The van der Waals surface area contributed by atoms with Crippen LogP contribution in [0.25, 0.3) is 0 Å². The second kappa shape index (κ2) is 7.04. The van der Waals surface area contributed by atoms with Gasteiger partial charge < -0.3 is 9.47 Å². The van der Waals surface area contributed by atoms with Crippen molar-refractivity contribution in [3.05, 3.63) is 18.2 Å². The number of piperidine rings is 1. The van der Waals surface area contributed by atoms with Crippen LogP contribution in [-0.2, 0) is 19.6 Å². The summed E-state index contributed by atoms with van der Waals surface area (Å²) in [5.41, 5.74) is 0. The van der Waals surface area contributed by atoms with E-state index in [0.29, 0.717) is 24.3 Å². The first-order valence-electron chi connectivity index (χ1n) is 9.47. The molecule has 3 heterocycles. The van der Waals surface area contributed by atoms with E-state index in [1.54, 1.807) is 10.4 Å². The maximum Gasteiger partial charge on any atom is 0.243 e. The van der Waals surface area contributed by atoms with Gasteiger partial charge in [0.05, 0.1) is 19.1 Å². The molecule has 3 saturated heterocycles. The van der Waals surface area contributed by atoms with Gasteiger partial charge in [0.25, 0.3) is 0 Å². The standard InChI is InChI=1S/C19H24N2O6S/c1-26-16-6-5-15(11-17(16)27-2)28(24,25)21-12-3-4-13(21)10-14(9-12)20-18(22)7-8-19(20)23/h5-6,11-14H,3-4,7-10H2,1-2H3. The molecule has 2 unspecified atom stereocenters. The minimum absolute atomic E-state index is 0.134. The number of rotatable bonds is 5. The van der Waals surface area contributed by atoms with Crippen LogP contribution in [0, 0.1) is 0 Å². The fraction of sp³-hybridized carbons (Fsp3) is 0.579. The number of imide groups is 1. The number of fused-ring (bicyclic) bond motifs is 2. The van der Waals surface area contributed by atoms with Crippen molar-refractivity contribution in [3.63, 3.8) is 0 Å². The largest absolute Gasteiger partial charge is 0.493 e. The number of likely N-dealkylation sites (tertiary alicyclic amines) is 1. The lowest BCUT2D eigenvalue weighted by molar-refractivity contribution is -0.142. The van der Waals surface area contributed by atoms with E-state index in [1.807, 2.05) is 0 Å². The van der Waals surface area contributed by atoms with Crippen LogP contribution in [0.15, 0.2) is 23.1 Å². The maximum absolute atomic E-state index is 13.4. The van der Waals surface area contributed by atoms with E-state index < -0.39 is 10.0 Å². The van der Waals surface area contributed by atoms with Crippen molar-refractivity contribution in [3.8, 4) is 11.5 Å². The molecule has 1 aromatic rings. The van der Waals surface area contributed by atoms with Gasteiger partial charge >= 0.3 is 0 Å². The van der Waals surface area contributed by atoms with Crippen LogP contribution in [0.3, 0.4) is 0 Å². The Morgan fingerprint density at radius 2 is 1.46 bits per heavy atom. The number of hydrogen-bond donors (Lipinski definition) is 0. The summed E-state index contributed by atoms with van der Waals surface area (Å²) in [5.74, 6) is 0.560. The summed E-state index contributed by atoms with van der Waals surface area (Å²) in [6.07, 6.45) is 3.01. The number of carbonyl (C=O) groups excluding carboxylic acids is 2. The first-order chi connectivity index (χ1) is 13.4. The summed E-state index contributed by atoms with van der Waals surface area (Å²) < 4.78 is 38.7. The highest BCUT2D eigenvalue weighted by Gasteiger charge is 2.50. The number of amides is 2. The predicted octanol–water partition coefficient (Wildman–Crippen LogP) is 1.54. The second-order valence-corrected chi connectivity index (χ2v) is 9.36. The molecule has 3 fully saturated rings. The van der Waals surface area contributed by atoms with Crippen molar-refractivity contribution in [2.75, 3.05) is 14.2 Å². The van der Waals surface area contributed by atoms with Crippen LogP contribution in [-0.4, -0.2) is 61.8 Å². The summed E-state index contributed by atoms with van der Waals surface area (Å²) in [6.45, 7) is 0. The van der Waals surface area contributed by atoms with Gasteiger partial charge in [0.15, 0.2) is 11.5 Å². The highest BCUT2D eigenvalue weighted by atomic mass is 32.2. The summed E-state index contributed by atoms with van der Waals surface area (Å²) in [7, 11) is -0.756. The third-order valence-corrected chi connectivity index (χ3v) is 8.03. The molecule has 2 atom stereocenters. The third kappa shape index (κ3) is 2.97. The van der Waals surface area contributed by atoms with Gasteiger partial charge in [-0.1, -0.05) is 0 Å². The molecule has 0 spiro atoms. The normalized spacial score (nSPS) is 28.1. The highest BCUT2D eigenvalue weighted by Crippen LogP contribution is 2.43. The average molecular weight is 408 g/mol. The van der Waals surface area contributed by atoms with Gasteiger partial charge in [0, 0.05) is 37.0 Å².